The molecule has 1 unspecified atom stereocenters. The molecular formula is C24H25NO2. The minimum atomic E-state index is -0.685. The van der Waals surface area contributed by atoms with Crippen molar-refractivity contribution in [2.45, 2.75) is 32.1 Å². The standard InChI is InChI=1S/C24H25NO2/c26-24(27)22(9-4-8-19-6-2-1-3-7-19)16-13-20-11-14-21(15-12-20)23-10-5-17-25-18-23/h1-3,5-7,10-12,14-15,17-18,22H,4,8-9,13,16H2,(H,26,27). The smallest absolute Gasteiger partial charge is 0.306 e. The van der Waals surface area contributed by atoms with E-state index in [1.54, 1.807) is 6.20 Å². The lowest BCUT2D eigenvalue weighted by Crippen LogP contribution is -2.15. The summed E-state index contributed by atoms with van der Waals surface area (Å²) in [7, 11) is 0. The van der Waals surface area contributed by atoms with Gasteiger partial charge in [0.25, 0.3) is 0 Å². The molecule has 3 aromatic rings. The van der Waals surface area contributed by atoms with Crippen LogP contribution in [0.25, 0.3) is 11.1 Å². The van der Waals surface area contributed by atoms with Crippen molar-refractivity contribution in [2.24, 2.45) is 5.92 Å². The van der Waals surface area contributed by atoms with Gasteiger partial charge in [-0.05, 0) is 60.4 Å². The van der Waals surface area contributed by atoms with Crippen LogP contribution in [-0.2, 0) is 17.6 Å². The van der Waals surface area contributed by atoms with E-state index in [2.05, 4.69) is 41.4 Å². The highest BCUT2D eigenvalue weighted by molar-refractivity contribution is 5.70. The first-order chi connectivity index (χ1) is 13.2. The molecule has 138 valence electrons. The third-order valence-electron chi connectivity index (χ3n) is 4.94. The minimum absolute atomic E-state index is 0.285. The Labute approximate surface area is 160 Å². The molecular weight excluding hydrogens is 334 g/mol. The van der Waals surface area contributed by atoms with E-state index in [9.17, 15) is 9.90 Å². The minimum Gasteiger partial charge on any atom is -0.481 e. The fraction of sp³-hybridized carbons (Fsp3) is 0.250. The summed E-state index contributed by atoms with van der Waals surface area (Å²) in [6.07, 6.45) is 7.64. The number of carboxylic acid groups (broad SMARTS) is 1. The fourth-order valence-corrected chi connectivity index (χ4v) is 3.33. The molecule has 0 fully saturated rings. The molecule has 27 heavy (non-hydrogen) atoms. The summed E-state index contributed by atoms with van der Waals surface area (Å²) < 4.78 is 0. The highest BCUT2D eigenvalue weighted by Gasteiger charge is 2.17. The van der Waals surface area contributed by atoms with Gasteiger partial charge in [0, 0.05) is 12.4 Å². The van der Waals surface area contributed by atoms with Crippen LogP contribution in [-0.4, -0.2) is 16.1 Å². The van der Waals surface area contributed by atoms with Crippen LogP contribution in [0.1, 0.15) is 30.4 Å². The van der Waals surface area contributed by atoms with E-state index in [0.717, 1.165) is 36.8 Å². The number of pyridine rings is 1. The molecule has 3 rings (SSSR count). The number of aromatic nitrogens is 1. The van der Waals surface area contributed by atoms with Crippen molar-refractivity contribution in [2.75, 3.05) is 0 Å². The van der Waals surface area contributed by atoms with Crippen LogP contribution in [0, 0.1) is 5.92 Å². The van der Waals surface area contributed by atoms with E-state index in [-0.39, 0.29) is 5.92 Å². The van der Waals surface area contributed by atoms with Gasteiger partial charge in [-0.1, -0.05) is 60.7 Å². The molecule has 0 bridgehead atoms. The zero-order valence-corrected chi connectivity index (χ0v) is 15.4. The van der Waals surface area contributed by atoms with Crippen LogP contribution < -0.4 is 0 Å². The number of aliphatic carboxylic acids is 1. The van der Waals surface area contributed by atoms with Crippen molar-refractivity contribution >= 4 is 5.97 Å². The third kappa shape index (κ3) is 5.78. The molecule has 2 aromatic carbocycles. The summed E-state index contributed by atoms with van der Waals surface area (Å²) in [5, 5.41) is 9.53. The topological polar surface area (TPSA) is 50.2 Å². The molecule has 0 amide bonds. The van der Waals surface area contributed by atoms with Gasteiger partial charge < -0.3 is 5.11 Å². The Morgan fingerprint density at radius 1 is 0.815 bits per heavy atom. The lowest BCUT2D eigenvalue weighted by Gasteiger charge is -2.12. The molecule has 3 nitrogen and oxygen atoms in total. The zero-order valence-electron chi connectivity index (χ0n) is 15.4. The van der Waals surface area contributed by atoms with E-state index in [1.807, 2.05) is 36.5 Å². The number of rotatable bonds is 9. The van der Waals surface area contributed by atoms with Crippen LogP contribution in [0.15, 0.2) is 79.1 Å². The van der Waals surface area contributed by atoms with E-state index in [1.165, 1.54) is 11.1 Å². The molecule has 0 aliphatic rings. The van der Waals surface area contributed by atoms with Gasteiger partial charge >= 0.3 is 5.97 Å². The van der Waals surface area contributed by atoms with Gasteiger partial charge in [-0.3, -0.25) is 9.78 Å². The van der Waals surface area contributed by atoms with Crippen molar-refractivity contribution in [3.8, 4) is 11.1 Å². The maximum absolute atomic E-state index is 11.6. The first-order valence-corrected chi connectivity index (χ1v) is 9.48. The van der Waals surface area contributed by atoms with Gasteiger partial charge in [0.2, 0.25) is 0 Å². The molecule has 3 heteroatoms. The maximum Gasteiger partial charge on any atom is 0.306 e. The van der Waals surface area contributed by atoms with E-state index >= 15 is 0 Å². The Kier molecular flexibility index (Phi) is 6.75. The summed E-state index contributed by atoms with van der Waals surface area (Å²) in [6, 6.07) is 22.6. The number of carboxylic acids is 1. The van der Waals surface area contributed by atoms with E-state index in [4.69, 9.17) is 0 Å². The van der Waals surface area contributed by atoms with Gasteiger partial charge in [-0.25, -0.2) is 0 Å². The van der Waals surface area contributed by atoms with Crippen molar-refractivity contribution in [1.82, 2.24) is 4.98 Å². The van der Waals surface area contributed by atoms with Gasteiger partial charge in [-0.15, -0.1) is 0 Å². The van der Waals surface area contributed by atoms with E-state index in [0.29, 0.717) is 6.42 Å². The van der Waals surface area contributed by atoms with Crippen molar-refractivity contribution < 1.29 is 9.90 Å². The number of nitrogens with zero attached hydrogens (tertiary/aromatic N) is 1. The van der Waals surface area contributed by atoms with Crippen LogP contribution in [0.4, 0.5) is 0 Å². The van der Waals surface area contributed by atoms with Gasteiger partial charge in [-0.2, -0.15) is 0 Å². The second-order valence-electron chi connectivity index (χ2n) is 6.89. The molecule has 1 aromatic heterocycles. The molecule has 1 atom stereocenters. The Hall–Kier alpha value is -2.94. The number of hydrogen-bond donors (Lipinski definition) is 1. The summed E-state index contributed by atoms with van der Waals surface area (Å²) in [4.78, 5) is 15.7. The second-order valence-corrected chi connectivity index (χ2v) is 6.89. The number of hydrogen-bond acceptors (Lipinski definition) is 2. The molecule has 1 heterocycles. The molecule has 0 saturated carbocycles. The first-order valence-electron chi connectivity index (χ1n) is 9.48. The number of benzene rings is 2. The largest absolute Gasteiger partial charge is 0.481 e. The lowest BCUT2D eigenvalue weighted by molar-refractivity contribution is -0.142. The zero-order chi connectivity index (χ0) is 18.9. The molecule has 0 aliphatic carbocycles. The monoisotopic (exact) mass is 359 g/mol. The predicted octanol–water partition coefficient (Wildman–Crippen LogP) is 5.40. The Balaban J connectivity index is 1.51. The van der Waals surface area contributed by atoms with E-state index < -0.39 is 5.97 Å². The summed E-state index contributed by atoms with van der Waals surface area (Å²) in [6.45, 7) is 0. The average Bonchev–Trinajstić information content (AvgIpc) is 2.72. The van der Waals surface area contributed by atoms with Gasteiger partial charge in [0.15, 0.2) is 0 Å². The lowest BCUT2D eigenvalue weighted by atomic mass is 9.93. The second kappa shape index (κ2) is 9.67. The Morgan fingerprint density at radius 3 is 2.22 bits per heavy atom. The molecule has 0 spiro atoms. The molecule has 1 N–H and O–H groups in total. The molecule has 0 saturated heterocycles. The van der Waals surface area contributed by atoms with Crippen molar-refractivity contribution in [1.29, 1.82) is 0 Å². The Morgan fingerprint density at radius 2 is 1.56 bits per heavy atom. The number of carbonyl (C=O) groups is 1. The van der Waals surface area contributed by atoms with Gasteiger partial charge in [0.05, 0.1) is 5.92 Å². The van der Waals surface area contributed by atoms with Gasteiger partial charge in [0.1, 0.15) is 0 Å². The SMILES string of the molecule is O=C(O)C(CCCc1ccccc1)CCc1ccc(-c2cccnc2)cc1. The average molecular weight is 359 g/mol. The normalized spacial score (nSPS) is 11.9. The van der Waals surface area contributed by atoms with Crippen LogP contribution in [0.5, 0.6) is 0 Å². The summed E-state index contributed by atoms with van der Waals surface area (Å²) in [5.74, 6) is -0.971. The highest BCUT2D eigenvalue weighted by atomic mass is 16.4. The summed E-state index contributed by atoms with van der Waals surface area (Å²) >= 11 is 0. The Bertz CT molecular complexity index is 829. The van der Waals surface area contributed by atoms with Crippen molar-refractivity contribution in [3.63, 3.8) is 0 Å². The van der Waals surface area contributed by atoms with Crippen molar-refractivity contribution in [3.05, 3.63) is 90.3 Å². The molecule has 0 radical (unpaired) electrons. The number of aryl methyl sites for hydroxylation is 2. The third-order valence-corrected chi connectivity index (χ3v) is 4.94. The van der Waals surface area contributed by atoms with Crippen LogP contribution >= 0.6 is 0 Å². The van der Waals surface area contributed by atoms with Crippen LogP contribution in [0.3, 0.4) is 0 Å². The quantitative estimate of drug-likeness (QED) is 0.556. The summed E-state index contributed by atoms with van der Waals surface area (Å²) in [5.41, 5.74) is 4.67. The predicted molar refractivity (Wildman–Crippen MR) is 108 cm³/mol. The first kappa shape index (κ1) is 18.8. The highest BCUT2D eigenvalue weighted by Crippen LogP contribution is 2.21. The maximum atomic E-state index is 11.6. The van der Waals surface area contributed by atoms with Crippen LogP contribution in [0.2, 0.25) is 0 Å². The fourth-order valence-electron chi connectivity index (χ4n) is 3.33. The molecule has 0 aliphatic heterocycles.